The third-order valence-corrected chi connectivity index (χ3v) is 11.6. The monoisotopic (exact) mass is 518 g/mol. The number of aliphatic hydroxyl groups is 1. The number of benzene rings is 1. The zero-order valence-electron chi connectivity index (χ0n) is 21.7. The van der Waals surface area contributed by atoms with Crippen molar-refractivity contribution in [2.45, 2.75) is 75.2 Å². The van der Waals surface area contributed by atoms with Crippen molar-refractivity contribution in [3.63, 3.8) is 0 Å². The van der Waals surface area contributed by atoms with Crippen molar-refractivity contribution in [3.8, 4) is 11.3 Å². The molecule has 0 unspecified atom stereocenters. The molecule has 2 saturated carbocycles. The molecule has 194 valence electrons. The Morgan fingerprint density at radius 3 is 2.54 bits per heavy atom. The number of nitrogens with zero attached hydrogens (tertiary/aromatic N) is 4. The Balaban J connectivity index is 1.35. The second-order valence-electron chi connectivity index (χ2n) is 12.4. The highest BCUT2D eigenvalue weighted by Gasteiger charge is 2.58. The summed E-state index contributed by atoms with van der Waals surface area (Å²) >= 11 is 0. The number of sulfone groups is 1. The van der Waals surface area contributed by atoms with E-state index >= 15 is 0 Å². The SMILES string of the molecule is C[C@]12CC[C@H](O)CC1=CC[C@@H]1[C@@H]2CC[C@]2(C)c3nc4ncnn4c(-c4ccc(S(C)(=O)=O)cc4)c3C[C@@H]12. The number of fused-ring (bicyclic) bond motifs is 8. The Bertz CT molecular complexity index is 1560. The maximum Gasteiger partial charge on any atom is 0.252 e. The zero-order chi connectivity index (χ0) is 25.7. The lowest BCUT2D eigenvalue weighted by Crippen LogP contribution is -2.51. The van der Waals surface area contributed by atoms with E-state index < -0.39 is 9.84 Å². The lowest BCUT2D eigenvalue weighted by atomic mass is 9.48. The van der Waals surface area contributed by atoms with E-state index in [9.17, 15) is 13.5 Å². The van der Waals surface area contributed by atoms with Gasteiger partial charge in [-0.1, -0.05) is 37.6 Å². The van der Waals surface area contributed by atoms with Gasteiger partial charge in [0, 0.05) is 22.8 Å². The van der Waals surface area contributed by atoms with Crippen molar-refractivity contribution in [1.29, 1.82) is 0 Å². The van der Waals surface area contributed by atoms with Crippen molar-refractivity contribution in [2.24, 2.45) is 23.2 Å². The predicted molar refractivity (Wildman–Crippen MR) is 141 cm³/mol. The van der Waals surface area contributed by atoms with Crippen molar-refractivity contribution in [3.05, 3.63) is 53.5 Å². The Kier molecular flexibility index (Phi) is 4.91. The van der Waals surface area contributed by atoms with E-state index in [0.717, 1.165) is 55.5 Å². The molecule has 8 heteroatoms. The molecule has 0 radical (unpaired) electrons. The number of hydrogen-bond donors (Lipinski definition) is 1. The maximum atomic E-state index is 12.1. The Morgan fingerprint density at radius 1 is 1.03 bits per heavy atom. The molecule has 7 rings (SSSR count). The molecule has 2 heterocycles. The maximum absolute atomic E-state index is 12.1. The van der Waals surface area contributed by atoms with E-state index in [4.69, 9.17) is 4.98 Å². The molecule has 2 fully saturated rings. The highest BCUT2D eigenvalue weighted by molar-refractivity contribution is 7.90. The third kappa shape index (κ3) is 3.27. The molecule has 0 bridgehead atoms. The fraction of sp³-hybridized carbons (Fsp3) is 0.552. The van der Waals surface area contributed by atoms with Crippen LogP contribution >= 0.6 is 0 Å². The lowest BCUT2D eigenvalue weighted by Gasteiger charge is -2.57. The van der Waals surface area contributed by atoms with E-state index in [0.29, 0.717) is 28.4 Å². The van der Waals surface area contributed by atoms with Gasteiger partial charge in [-0.3, -0.25) is 0 Å². The average Bonchev–Trinajstić information content (AvgIpc) is 3.45. The first-order valence-electron chi connectivity index (χ1n) is 13.5. The molecule has 6 atom stereocenters. The third-order valence-electron chi connectivity index (χ3n) is 10.5. The van der Waals surface area contributed by atoms with Gasteiger partial charge in [0.1, 0.15) is 6.33 Å². The summed E-state index contributed by atoms with van der Waals surface area (Å²) in [7, 11) is -3.27. The molecule has 0 saturated heterocycles. The predicted octanol–water partition coefficient (Wildman–Crippen LogP) is 4.53. The first-order chi connectivity index (χ1) is 17.6. The van der Waals surface area contributed by atoms with E-state index in [1.54, 1.807) is 18.5 Å². The van der Waals surface area contributed by atoms with Crippen LogP contribution in [0.15, 0.2) is 47.1 Å². The Morgan fingerprint density at radius 2 is 1.78 bits per heavy atom. The molecule has 1 aromatic carbocycles. The van der Waals surface area contributed by atoms with Gasteiger partial charge in [0.2, 0.25) is 0 Å². The summed E-state index contributed by atoms with van der Waals surface area (Å²) in [5, 5.41) is 14.9. The van der Waals surface area contributed by atoms with Crippen LogP contribution in [-0.2, 0) is 21.7 Å². The van der Waals surface area contributed by atoms with E-state index in [1.165, 1.54) is 23.8 Å². The first kappa shape index (κ1) is 23.5. The van der Waals surface area contributed by atoms with Gasteiger partial charge in [-0.05, 0) is 80.2 Å². The zero-order valence-corrected chi connectivity index (χ0v) is 22.5. The van der Waals surface area contributed by atoms with Crippen LogP contribution in [-0.4, -0.2) is 45.5 Å². The van der Waals surface area contributed by atoms with Gasteiger partial charge in [0.05, 0.1) is 22.4 Å². The van der Waals surface area contributed by atoms with Gasteiger partial charge in [-0.25, -0.2) is 13.4 Å². The minimum absolute atomic E-state index is 0.0263. The number of rotatable bonds is 2. The summed E-state index contributed by atoms with van der Waals surface area (Å²) in [5.74, 6) is 2.30. The minimum Gasteiger partial charge on any atom is -0.393 e. The second kappa shape index (κ2) is 7.73. The molecular formula is C29H34N4O3S. The summed E-state index contributed by atoms with van der Waals surface area (Å²) in [6.07, 6.45) is 12.2. The smallest absolute Gasteiger partial charge is 0.252 e. The molecule has 7 nitrogen and oxygen atoms in total. The standard InChI is InChI=1S/C29H34N4O3S/c1-28-12-10-19(34)14-18(28)6-9-21-23(28)11-13-29(2)24(21)15-22-25(33-27(30-16-31-33)32-26(22)29)17-4-7-20(8-5-17)37(3,35)36/h4-8,16,19,21,23-24,34H,9-15H2,1-3H3/t19-,21+,23-,24-,28-,29-/m0/s1. The summed E-state index contributed by atoms with van der Waals surface area (Å²) in [5.41, 5.74) is 5.96. The Hall–Kier alpha value is -2.58. The van der Waals surface area contributed by atoms with E-state index in [1.807, 2.05) is 16.6 Å². The lowest BCUT2D eigenvalue weighted by molar-refractivity contribution is -0.0169. The molecule has 37 heavy (non-hydrogen) atoms. The van der Waals surface area contributed by atoms with Gasteiger partial charge in [0.15, 0.2) is 9.84 Å². The highest BCUT2D eigenvalue weighted by Crippen LogP contribution is 2.64. The first-order valence-corrected chi connectivity index (χ1v) is 15.4. The summed E-state index contributed by atoms with van der Waals surface area (Å²) in [6.45, 7) is 4.86. The van der Waals surface area contributed by atoms with Crippen LogP contribution in [0.1, 0.15) is 63.6 Å². The normalized spacial score (nSPS) is 34.9. The molecule has 4 aliphatic rings. The molecular weight excluding hydrogens is 484 g/mol. The number of hydrogen-bond acceptors (Lipinski definition) is 6. The molecule has 0 spiro atoms. The van der Waals surface area contributed by atoms with Crippen molar-refractivity contribution in [2.75, 3.05) is 6.26 Å². The van der Waals surface area contributed by atoms with Crippen molar-refractivity contribution < 1.29 is 13.5 Å². The fourth-order valence-corrected chi connectivity index (χ4v) is 9.18. The average molecular weight is 519 g/mol. The molecule has 3 aromatic rings. The molecule has 1 N–H and O–H groups in total. The highest BCUT2D eigenvalue weighted by atomic mass is 32.2. The molecule has 4 aliphatic carbocycles. The van der Waals surface area contributed by atoms with Gasteiger partial charge >= 0.3 is 0 Å². The van der Waals surface area contributed by atoms with Crippen LogP contribution in [0.5, 0.6) is 0 Å². The molecule has 0 aliphatic heterocycles. The van der Waals surface area contributed by atoms with Crippen molar-refractivity contribution >= 4 is 15.6 Å². The molecule has 2 aromatic heterocycles. The van der Waals surface area contributed by atoms with Crippen LogP contribution in [0.25, 0.3) is 17.0 Å². The van der Waals surface area contributed by atoms with Gasteiger partial charge < -0.3 is 5.11 Å². The van der Waals surface area contributed by atoms with Crippen LogP contribution in [0.3, 0.4) is 0 Å². The van der Waals surface area contributed by atoms with E-state index in [-0.39, 0.29) is 16.9 Å². The minimum atomic E-state index is -3.27. The topological polar surface area (TPSA) is 97.4 Å². The quantitative estimate of drug-likeness (QED) is 0.501. The fourth-order valence-electron chi connectivity index (χ4n) is 8.55. The van der Waals surface area contributed by atoms with Crippen LogP contribution in [0.4, 0.5) is 0 Å². The van der Waals surface area contributed by atoms with Crippen molar-refractivity contribution in [1.82, 2.24) is 19.6 Å². The number of aromatic nitrogens is 4. The second-order valence-corrected chi connectivity index (χ2v) is 14.4. The van der Waals surface area contributed by atoms with Gasteiger partial charge in [0.25, 0.3) is 5.78 Å². The van der Waals surface area contributed by atoms with E-state index in [2.05, 4.69) is 30.0 Å². The van der Waals surface area contributed by atoms with Gasteiger partial charge in [-0.2, -0.15) is 14.6 Å². The number of aliphatic hydroxyl groups excluding tert-OH is 1. The van der Waals surface area contributed by atoms with Crippen LogP contribution in [0.2, 0.25) is 0 Å². The summed E-state index contributed by atoms with van der Waals surface area (Å²) in [4.78, 5) is 9.89. The van der Waals surface area contributed by atoms with Crippen LogP contribution < -0.4 is 0 Å². The van der Waals surface area contributed by atoms with Crippen LogP contribution in [0, 0.1) is 23.2 Å². The summed E-state index contributed by atoms with van der Waals surface area (Å²) < 4.78 is 26.0. The Labute approximate surface area is 218 Å². The summed E-state index contributed by atoms with van der Waals surface area (Å²) in [6, 6.07) is 7.16. The molecule has 0 amide bonds. The van der Waals surface area contributed by atoms with Gasteiger partial charge in [-0.15, -0.1) is 0 Å². The largest absolute Gasteiger partial charge is 0.393 e. The number of allylic oxidation sites excluding steroid dienone is 1.